The first kappa shape index (κ1) is 9.67. The van der Waals surface area contributed by atoms with Gasteiger partial charge in [0.1, 0.15) is 0 Å². The van der Waals surface area contributed by atoms with Crippen LogP contribution in [0.5, 0.6) is 0 Å². The first-order valence-corrected chi connectivity index (χ1v) is 2.56. The van der Waals surface area contributed by atoms with Crippen LogP contribution in [0.4, 0.5) is 8.78 Å². The molecule has 0 saturated heterocycles. The van der Waals surface area contributed by atoms with Crippen LogP contribution in [0.15, 0.2) is 0 Å². The number of Topliss-reactive ketones (excluding diaryl/α,β-unsaturated/α-hetero) is 1. The van der Waals surface area contributed by atoms with E-state index in [1.54, 1.807) is 0 Å². The van der Waals surface area contributed by atoms with Crippen molar-refractivity contribution in [1.29, 1.82) is 5.41 Å². The van der Waals surface area contributed by atoms with Crippen molar-refractivity contribution in [2.24, 2.45) is 5.92 Å². The Morgan fingerprint density at radius 2 is 1.91 bits per heavy atom. The van der Waals surface area contributed by atoms with Crippen LogP contribution in [-0.2, 0) is 9.59 Å². The van der Waals surface area contributed by atoms with Crippen molar-refractivity contribution >= 4 is 18.0 Å². The number of hydrogen-bond acceptors (Lipinski definition) is 3. The molecule has 0 saturated carbocycles. The Hall–Kier alpha value is -1.33. The normalized spacial score (nSPS) is 12.6. The minimum atomic E-state index is -3.34. The maximum absolute atomic E-state index is 11.5. The summed E-state index contributed by atoms with van der Waals surface area (Å²) >= 11 is 0. The molecule has 11 heavy (non-hydrogen) atoms. The Kier molecular flexibility index (Phi) is 3.29. The van der Waals surface area contributed by atoms with Gasteiger partial charge < -0.3 is 10.5 Å². The van der Waals surface area contributed by atoms with E-state index in [4.69, 9.17) is 10.5 Å². The molecule has 6 heteroatoms. The Morgan fingerprint density at radius 1 is 1.45 bits per heavy atom. The molecular formula is C5H5F2NO3. The van der Waals surface area contributed by atoms with E-state index in [0.717, 1.165) is 0 Å². The summed E-state index contributed by atoms with van der Waals surface area (Å²) < 4.78 is 23.0. The van der Waals surface area contributed by atoms with Crippen molar-refractivity contribution in [1.82, 2.24) is 0 Å². The lowest BCUT2D eigenvalue weighted by atomic mass is 10.1. The third kappa shape index (κ3) is 2.40. The Labute approximate surface area is 60.3 Å². The second kappa shape index (κ2) is 3.75. The molecule has 0 bridgehead atoms. The van der Waals surface area contributed by atoms with Gasteiger partial charge in [-0.3, -0.25) is 9.59 Å². The molecule has 0 aromatic carbocycles. The van der Waals surface area contributed by atoms with E-state index in [0.29, 0.717) is 0 Å². The zero-order valence-electron chi connectivity index (χ0n) is 5.25. The van der Waals surface area contributed by atoms with E-state index in [9.17, 15) is 18.4 Å². The minimum Gasteiger partial charge on any atom is -0.480 e. The van der Waals surface area contributed by atoms with Gasteiger partial charge in [0.2, 0.25) is 5.78 Å². The standard InChI is InChI=1S/C5H5F2NO3/c6-4(7)3(9)2(1-8)5(10)11/h1-2,4,8H,(H,10,11). The lowest BCUT2D eigenvalue weighted by molar-refractivity contribution is -0.146. The third-order valence-electron chi connectivity index (χ3n) is 0.954. The maximum Gasteiger partial charge on any atom is 0.319 e. The number of hydrogen-bond donors (Lipinski definition) is 2. The molecule has 0 aromatic rings. The maximum atomic E-state index is 11.5. The van der Waals surface area contributed by atoms with Crippen LogP contribution in [-0.4, -0.2) is 29.5 Å². The SMILES string of the molecule is N=CC(C(=O)O)C(=O)C(F)F. The van der Waals surface area contributed by atoms with Crippen LogP contribution in [0, 0.1) is 11.3 Å². The second-order valence-electron chi connectivity index (χ2n) is 1.69. The number of nitrogens with one attached hydrogen (secondary N) is 1. The minimum absolute atomic E-state index is 0.177. The summed E-state index contributed by atoms with van der Waals surface area (Å²) in [6.07, 6.45) is -3.16. The van der Waals surface area contributed by atoms with Gasteiger partial charge in [0.05, 0.1) is 0 Å². The van der Waals surface area contributed by atoms with Gasteiger partial charge in [-0.15, -0.1) is 0 Å². The van der Waals surface area contributed by atoms with E-state index in [-0.39, 0.29) is 6.21 Å². The van der Waals surface area contributed by atoms with E-state index in [2.05, 4.69) is 0 Å². The van der Waals surface area contributed by atoms with Crippen LogP contribution in [0.25, 0.3) is 0 Å². The first-order chi connectivity index (χ1) is 5.00. The fourth-order valence-corrected chi connectivity index (χ4v) is 0.411. The number of rotatable bonds is 4. The van der Waals surface area contributed by atoms with Gasteiger partial charge in [0, 0.05) is 6.21 Å². The van der Waals surface area contributed by atoms with Gasteiger partial charge in [0.25, 0.3) is 6.43 Å². The molecule has 0 spiro atoms. The zero-order chi connectivity index (χ0) is 9.02. The highest BCUT2D eigenvalue weighted by atomic mass is 19.3. The summed E-state index contributed by atoms with van der Waals surface area (Å²) in [6.45, 7) is 0. The molecule has 0 amide bonds. The van der Waals surface area contributed by atoms with E-state index >= 15 is 0 Å². The topological polar surface area (TPSA) is 78.2 Å². The number of alkyl halides is 2. The molecule has 0 aromatic heterocycles. The molecule has 0 radical (unpaired) electrons. The first-order valence-electron chi connectivity index (χ1n) is 2.56. The average molecular weight is 165 g/mol. The summed E-state index contributed by atoms with van der Waals surface area (Å²) in [5, 5.41) is 14.4. The summed E-state index contributed by atoms with van der Waals surface area (Å²) in [4.78, 5) is 20.2. The van der Waals surface area contributed by atoms with E-state index in [1.807, 2.05) is 0 Å². The quantitative estimate of drug-likeness (QED) is 0.460. The fraction of sp³-hybridized carbons (Fsp3) is 0.400. The van der Waals surface area contributed by atoms with Gasteiger partial charge in [-0.05, 0) is 0 Å². The summed E-state index contributed by atoms with van der Waals surface area (Å²) in [6, 6.07) is 0. The third-order valence-corrected chi connectivity index (χ3v) is 0.954. The Bertz CT molecular complexity index is 192. The van der Waals surface area contributed by atoms with Crippen molar-refractivity contribution < 1.29 is 23.5 Å². The molecular weight excluding hydrogens is 160 g/mol. The number of halogens is 2. The molecule has 0 aliphatic heterocycles. The van der Waals surface area contributed by atoms with Gasteiger partial charge in [-0.1, -0.05) is 0 Å². The van der Waals surface area contributed by atoms with Gasteiger partial charge in [-0.2, -0.15) is 0 Å². The highest BCUT2D eigenvalue weighted by Crippen LogP contribution is 2.03. The number of carbonyl (C=O) groups excluding carboxylic acids is 1. The molecule has 0 rings (SSSR count). The lowest BCUT2D eigenvalue weighted by Crippen LogP contribution is -2.29. The van der Waals surface area contributed by atoms with Crippen LogP contribution < -0.4 is 0 Å². The van der Waals surface area contributed by atoms with Crippen molar-refractivity contribution in [3.05, 3.63) is 0 Å². The lowest BCUT2D eigenvalue weighted by Gasteiger charge is -2.02. The number of aliphatic carboxylic acids is 1. The molecule has 62 valence electrons. The van der Waals surface area contributed by atoms with Gasteiger partial charge in [0.15, 0.2) is 5.92 Å². The molecule has 1 atom stereocenters. The zero-order valence-corrected chi connectivity index (χ0v) is 5.25. The molecule has 2 N–H and O–H groups in total. The van der Waals surface area contributed by atoms with Gasteiger partial charge in [-0.25, -0.2) is 8.78 Å². The number of carbonyl (C=O) groups is 2. The Balaban J connectivity index is 4.39. The molecule has 0 fully saturated rings. The van der Waals surface area contributed by atoms with Gasteiger partial charge >= 0.3 is 5.97 Å². The van der Waals surface area contributed by atoms with Crippen molar-refractivity contribution in [2.75, 3.05) is 0 Å². The summed E-state index contributed by atoms with van der Waals surface area (Å²) in [5.41, 5.74) is 0. The molecule has 4 nitrogen and oxygen atoms in total. The Morgan fingerprint density at radius 3 is 2.00 bits per heavy atom. The van der Waals surface area contributed by atoms with E-state index in [1.165, 1.54) is 0 Å². The van der Waals surface area contributed by atoms with Crippen molar-refractivity contribution in [2.45, 2.75) is 6.43 Å². The predicted octanol–water partition coefficient (Wildman–Crippen LogP) is 0.171. The molecule has 0 aliphatic rings. The number of ketones is 1. The largest absolute Gasteiger partial charge is 0.480 e. The number of carboxylic acid groups (broad SMARTS) is 1. The van der Waals surface area contributed by atoms with Crippen LogP contribution in [0.1, 0.15) is 0 Å². The van der Waals surface area contributed by atoms with Crippen molar-refractivity contribution in [3.8, 4) is 0 Å². The fourth-order valence-electron chi connectivity index (χ4n) is 0.411. The van der Waals surface area contributed by atoms with Crippen LogP contribution in [0.3, 0.4) is 0 Å². The monoisotopic (exact) mass is 165 g/mol. The highest BCUT2D eigenvalue weighted by molar-refractivity contribution is 6.11. The smallest absolute Gasteiger partial charge is 0.319 e. The van der Waals surface area contributed by atoms with Crippen LogP contribution >= 0.6 is 0 Å². The molecule has 0 aliphatic carbocycles. The highest BCUT2D eigenvalue weighted by Gasteiger charge is 2.30. The number of carboxylic acids is 1. The average Bonchev–Trinajstić information content (AvgIpc) is 1.88. The van der Waals surface area contributed by atoms with Crippen LogP contribution in [0.2, 0.25) is 0 Å². The molecule has 0 heterocycles. The van der Waals surface area contributed by atoms with Crippen molar-refractivity contribution in [3.63, 3.8) is 0 Å². The summed E-state index contributed by atoms with van der Waals surface area (Å²) in [7, 11) is 0. The van der Waals surface area contributed by atoms with E-state index < -0.39 is 24.1 Å². The summed E-state index contributed by atoms with van der Waals surface area (Å²) in [5.74, 6) is -5.51. The second-order valence-corrected chi connectivity index (χ2v) is 1.69. The molecule has 1 unspecified atom stereocenters. The predicted molar refractivity (Wildman–Crippen MR) is 30.9 cm³/mol.